The Morgan fingerprint density at radius 3 is 2.12 bits per heavy atom. The lowest BCUT2D eigenvalue weighted by molar-refractivity contribution is -0.136. The number of nitrogens with zero attached hydrogens (tertiary/aromatic N) is 4. The van der Waals surface area contributed by atoms with Gasteiger partial charge >= 0.3 is 6.09 Å². The summed E-state index contributed by atoms with van der Waals surface area (Å²) in [6.07, 6.45) is 11.5. The molecule has 0 N–H and O–H groups in total. The third-order valence-electron chi connectivity index (χ3n) is 8.55. The molecule has 0 bridgehead atoms. The van der Waals surface area contributed by atoms with Crippen LogP contribution in [0.2, 0.25) is 0 Å². The minimum Gasteiger partial charge on any atom is -0.448 e. The Labute approximate surface area is 254 Å². The fourth-order valence-electron chi connectivity index (χ4n) is 6.00. The molecule has 43 heavy (non-hydrogen) atoms. The molecule has 0 aromatic heterocycles. The van der Waals surface area contributed by atoms with E-state index in [-0.39, 0.29) is 35.8 Å². The van der Waals surface area contributed by atoms with Crippen molar-refractivity contribution in [2.24, 2.45) is 11.8 Å². The van der Waals surface area contributed by atoms with Crippen molar-refractivity contribution in [3.05, 3.63) is 108 Å². The number of carbonyl (C=O) groups excluding carboxylic acids is 3. The quantitative estimate of drug-likeness (QED) is 0.359. The molecule has 1 fully saturated rings. The molecule has 2 amide bonds. The van der Waals surface area contributed by atoms with E-state index >= 15 is 0 Å². The van der Waals surface area contributed by atoms with E-state index in [0.29, 0.717) is 26.4 Å². The van der Waals surface area contributed by atoms with Crippen LogP contribution in [0.1, 0.15) is 37.8 Å². The van der Waals surface area contributed by atoms with Crippen LogP contribution in [0.4, 0.5) is 4.79 Å². The average Bonchev–Trinajstić information content (AvgIpc) is 3.52. The van der Waals surface area contributed by atoms with E-state index < -0.39 is 5.92 Å². The number of ketones is 1. The van der Waals surface area contributed by atoms with E-state index in [4.69, 9.17) is 4.74 Å². The van der Waals surface area contributed by atoms with E-state index in [2.05, 4.69) is 72.2 Å². The van der Waals surface area contributed by atoms with Crippen LogP contribution < -0.4 is 0 Å². The van der Waals surface area contributed by atoms with Gasteiger partial charge in [-0.2, -0.15) is 0 Å². The van der Waals surface area contributed by atoms with Crippen molar-refractivity contribution in [3.63, 3.8) is 0 Å². The van der Waals surface area contributed by atoms with Gasteiger partial charge in [0.25, 0.3) is 0 Å². The molecule has 0 saturated carbocycles. The maximum absolute atomic E-state index is 13.2. The summed E-state index contributed by atoms with van der Waals surface area (Å²) in [7, 11) is 0. The van der Waals surface area contributed by atoms with Gasteiger partial charge in [-0.15, -0.1) is 0 Å². The number of piperidine rings is 1. The first-order chi connectivity index (χ1) is 20.9. The molecule has 5 rings (SSSR count). The molecule has 8 nitrogen and oxygen atoms in total. The van der Waals surface area contributed by atoms with Crippen molar-refractivity contribution in [3.8, 4) is 0 Å². The number of ether oxygens (including phenoxy) is 1. The Hall–Kier alpha value is -4.17. The van der Waals surface area contributed by atoms with Gasteiger partial charge in [-0.1, -0.05) is 92.7 Å². The third kappa shape index (κ3) is 7.82. The molecule has 0 radical (unpaired) electrons. The zero-order chi connectivity index (χ0) is 30.2. The number of allylic oxidation sites excluding steroid dienone is 3. The Bertz CT molecular complexity index is 1290. The molecule has 2 aromatic rings. The number of likely N-dealkylation sites (tertiary alicyclic amines) is 1. The van der Waals surface area contributed by atoms with Gasteiger partial charge in [-0.25, -0.2) is 4.79 Å². The van der Waals surface area contributed by atoms with Crippen LogP contribution in [0.3, 0.4) is 0 Å². The molecule has 1 saturated heterocycles. The second kappa shape index (κ2) is 14.3. The summed E-state index contributed by atoms with van der Waals surface area (Å²) < 4.78 is 5.97. The molecule has 2 aromatic carbocycles. The fraction of sp³-hybridized carbons (Fsp3) is 0.400. The molecule has 3 aliphatic rings. The zero-order valence-electron chi connectivity index (χ0n) is 25.1. The highest BCUT2D eigenvalue weighted by molar-refractivity contribution is 6.09. The van der Waals surface area contributed by atoms with Gasteiger partial charge in [0.15, 0.2) is 5.78 Å². The molecule has 2 aliphatic heterocycles. The van der Waals surface area contributed by atoms with Crippen LogP contribution in [0.5, 0.6) is 0 Å². The van der Waals surface area contributed by atoms with Gasteiger partial charge in [0.2, 0.25) is 5.91 Å². The van der Waals surface area contributed by atoms with E-state index in [1.54, 1.807) is 34.2 Å². The number of hydrogen-bond donors (Lipinski definition) is 0. The summed E-state index contributed by atoms with van der Waals surface area (Å²) in [5.74, 6) is -0.862. The number of benzene rings is 2. The summed E-state index contributed by atoms with van der Waals surface area (Å²) in [6, 6.07) is 21.1. The first-order valence-electron chi connectivity index (χ1n) is 15.3. The molecule has 0 spiro atoms. The second-order valence-corrected chi connectivity index (χ2v) is 11.9. The van der Waals surface area contributed by atoms with Crippen LogP contribution in [-0.4, -0.2) is 75.8 Å². The summed E-state index contributed by atoms with van der Waals surface area (Å²) >= 11 is 0. The predicted molar refractivity (Wildman–Crippen MR) is 166 cm³/mol. The number of hydrogen-bond acceptors (Lipinski definition) is 6. The number of rotatable bonds is 10. The largest absolute Gasteiger partial charge is 0.448 e. The van der Waals surface area contributed by atoms with Crippen LogP contribution in [-0.2, 0) is 27.4 Å². The van der Waals surface area contributed by atoms with Crippen LogP contribution >= 0.6 is 0 Å². The van der Waals surface area contributed by atoms with Crippen LogP contribution in [0, 0.1) is 11.8 Å². The van der Waals surface area contributed by atoms with Crippen molar-refractivity contribution < 1.29 is 19.1 Å². The standard InChI is InChI=1S/C35H42N4O4/c1-27(2)32(39(23-28-11-5-3-6-12-28)24-29-13-7-4-8-14-29)25-43-35(42)36-19-17-30(18-20-36)37-21-22-38(26-37)34(41)31-15-9-10-16-33(31)40/h3-16,21-22,27,30-32H,17-20,23-26H2,1-2H3/t31?,32-/m1/s1. The number of carbonyl (C=O) groups is 3. The van der Waals surface area contributed by atoms with Crippen molar-refractivity contribution >= 4 is 17.8 Å². The lowest BCUT2D eigenvalue weighted by atomic mass is 9.98. The van der Waals surface area contributed by atoms with Crippen molar-refractivity contribution in [2.45, 2.75) is 51.9 Å². The van der Waals surface area contributed by atoms with E-state index in [1.165, 1.54) is 17.2 Å². The Balaban J connectivity index is 1.13. The molecule has 1 aliphatic carbocycles. The van der Waals surface area contributed by atoms with E-state index in [0.717, 1.165) is 25.9 Å². The van der Waals surface area contributed by atoms with E-state index in [1.807, 2.05) is 18.3 Å². The highest BCUT2D eigenvalue weighted by atomic mass is 16.6. The smallest absolute Gasteiger partial charge is 0.409 e. The minimum absolute atomic E-state index is 0.0570. The molecule has 2 atom stereocenters. The Morgan fingerprint density at radius 2 is 1.53 bits per heavy atom. The summed E-state index contributed by atoms with van der Waals surface area (Å²) in [4.78, 5) is 46.2. The highest BCUT2D eigenvalue weighted by Gasteiger charge is 2.34. The lowest BCUT2D eigenvalue weighted by Crippen LogP contribution is -2.48. The monoisotopic (exact) mass is 582 g/mol. The summed E-state index contributed by atoms with van der Waals surface area (Å²) in [5.41, 5.74) is 2.46. The van der Waals surface area contributed by atoms with Gasteiger partial charge in [-0.3, -0.25) is 19.4 Å². The first-order valence-corrected chi connectivity index (χ1v) is 15.3. The molecule has 1 unspecified atom stereocenters. The first kappa shape index (κ1) is 30.3. The van der Waals surface area contributed by atoms with Gasteiger partial charge < -0.3 is 14.5 Å². The maximum atomic E-state index is 13.2. The minimum atomic E-state index is -0.753. The zero-order valence-corrected chi connectivity index (χ0v) is 25.1. The van der Waals surface area contributed by atoms with Crippen molar-refractivity contribution in [1.29, 1.82) is 0 Å². The lowest BCUT2D eigenvalue weighted by Gasteiger charge is -2.38. The average molecular weight is 583 g/mol. The van der Waals surface area contributed by atoms with Gasteiger partial charge in [0, 0.05) is 50.7 Å². The second-order valence-electron chi connectivity index (χ2n) is 11.9. The Kier molecular flexibility index (Phi) is 10.1. The van der Waals surface area contributed by atoms with Gasteiger partial charge in [-0.05, 0) is 36.0 Å². The summed E-state index contributed by atoms with van der Waals surface area (Å²) in [6.45, 7) is 7.85. The predicted octanol–water partition coefficient (Wildman–Crippen LogP) is 5.20. The van der Waals surface area contributed by atoms with Gasteiger partial charge in [0.05, 0.1) is 6.67 Å². The molecular formula is C35H42N4O4. The van der Waals surface area contributed by atoms with Crippen LogP contribution in [0.15, 0.2) is 97.4 Å². The topological polar surface area (TPSA) is 73.4 Å². The Morgan fingerprint density at radius 1 is 0.907 bits per heavy atom. The van der Waals surface area contributed by atoms with Crippen molar-refractivity contribution in [2.75, 3.05) is 26.4 Å². The highest BCUT2D eigenvalue weighted by Crippen LogP contribution is 2.24. The third-order valence-corrected chi connectivity index (χ3v) is 8.55. The number of amides is 2. The maximum Gasteiger partial charge on any atom is 0.409 e. The fourth-order valence-corrected chi connectivity index (χ4v) is 6.00. The summed E-state index contributed by atoms with van der Waals surface area (Å²) in [5, 5.41) is 0. The molecule has 226 valence electrons. The SMILES string of the molecule is CC(C)[C@@H](COC(=O)N1CCC(N2C=CN(C(=O)C3C=CC=CC3=O)C2)CC1)N(Cc1ccccc1)Cc1ccccc1. The molecule has 2 heterocycles. The van der Waals surface area contributed by atoms with Crippen LogP contribution in [0.25, 0.3) is 0 Å². The normalized spacial score (nSPS) is 19.5. The molecule has 8 heteroatoms. The van der Waals surface area contributed by atoms with Crippen molar-refractivity contribution in [1.82, 2.24) is 19.6 Å². The van der Waals surface area contributed by atoms with Gasteiger partial charge in [0.1, 0.15) is 12.5 Å². The molecular weight excluding hydrogens is 540 g/mol. The van der Waals surface area contributed by atoms with E-state index in [9.17, 15) is 14.4 Å².